The second-order valence-electron chi connectivity index (χ2n) is 4.40. The maximum atomic E-state index is 11.8. The minimum Gasteiger partial charge on any atom is -0.490 e. The van der Waals surface area contributed by atoms with Crippen molar-refractivity contribution in [2.45, 2.75) is 19.9 Å². The lowest BCUT2D eigenvalue weighted by Crippen LogP contribution is -2.39. The Morgan fingerprint density at radius 2 is 2.05 bits per heavy atom. The molecule has 7 nitrogen and oxygen atoms in total. The fourth-order valence-corrected chi connectivity index (χ4v) is 1.44. The molecule has 0 aromatic heterocycles. The summed E-state index contributed by atoms with van der Waals surface area (Å²) in [6, 6.07) is 3.52. The molecule has 1 atom stereocenters. The van der Waals surface area contributed by atoms with Crippen LogP contribution >= 0.6 is 12.4 Å². The van der Waals surface area contributed by atoms with Crippen LogP contribution < -0.4 is 15.8 Å². The van der Waals surface area contributed by atoms with Crippen molar-refractivity contribution in [1.82, 2.24) is 0 Å². The number of nitro groups is 1. The summed E-state index contributed by atoms with van der Waals surface area (Å²) in [7, 11) is 1.34. The van der Waals surface area contributed by atoms with Crippen LogP contribution in [0.15, 0.2) is 18.2 Å². The van der Waals surface area contributed by atoms with Gasteiger partial charge in [-0.1, -0.05) is 13.8 Å². The van der Waals surface area contributed by atoms with Crippen molar-refractivity contribution >= 4 is 29.7 Å². The Kier molecular flexibility index (Phi) is 6.95. The zero-order chi connectivity index (χ0) is 14.6. The first-order chi connectivity index (χ1) is 8.86. The molecule has 0 bridgehead atoms. The van der Waals surface area contributed by atoms with Crippen molar-refractivity contribution in [2.75, 3.05) is 12.4 Å². The predicted octanol–water partition coefficient (Wildman–Crippen LogP) is 1.95. The molecule has 0 spiro atoms. The first-order valence-electron chi connectivity index (χ1n) is 5.75. The minimum atomic E-state index is -0.666. The molecule has 0 heterocycles. The zero-order valence-electron chi connectivity index (χ0n) is 11.5. The van der Waals surface area contributed by atoms with Crippen LogP contribution in [0, 0.1) is 16.0 Å². The van der Waals surface area contributed by atoms with E-state index >= 15 is 0 Å². The lowest BCUT2D eigenvalue weighted by molar-refractivity contribution is -0.385. The van der Waals surface area contributed by atoms with E-state index in [4.69, 9.17) is 10.5 Å². The zero-order valence-corrected chi connectivity index (χ0v) is 12.3. The number of nitrogens with one attached hydrogen (secondary N) is 1. The fraction of sp³-hybridized carbons (Fsp3) is 0.417. The largest absolute Gasteiger partial charge is 0.490 e. The molecule has 0 saturated heterocycles. The molecule has 0 saturated carbocycles. The van der Waals surface area contributed by atoms with Crippen molar-refractivity contribution in [3.63, 3.8) is 0 Å². The maximum absolute atomic E-state index is 11.8. The monoisotopic (exact) mass is 303 g/mol. The van der Waals surface area contributed by atoms with E-state index < -0.39 is 11.0 Å². The van der Waals surface area contributed by atoms with Crippen LogP contribution in [0.3, 0.4) is 0 Å². The van der Waals surface area contributed by atoms with Crippen LogP contribution in [0.1, 0.15) is 13.8 Å². The molecule has 0 aliphatic carbocycles. The van der Waals surface area contributed by atoms with E-state index in [-0.39, 0.29) is 35.7 Å². The Balaban J connectivity index is 0.00000361. The molecule has 8 heteroatoms. The molecule has 1 aromatic rings. The molecule has 1 aromatic carbocycles. The third-order valence-corrected chi connectivity index (χ3v) is 2.66. The second-order valence-corrected chi connectivity index (χ2v) is 4.40. The van der Waals surface area contributed by atoms with E-state index in [0.29, 0.717) is 5.69 Å². The van der Waals surface area contributed by atoms with Crippen LogP contribution in [0.25, 0.3) is 0 Å². The average Bonchev–Trinajstić information content (AvgIpc) is 2.37. The molecule has 0 fully saturated rings. The highest BCUT2D eigenvalue weighted by atomic mass is 35.5. The van der Waals surface area contributed by atoms with Gasteiger partial charge in [0.05, 0.1) is 18.1 Å². The van der Waals surface area contributed by atoms with Gasteiger partial charge in [0, 0.05) is 11.8 Å². The Morgan fingerprint density at radius 3 is 2.50 bits per heavy atom. The Labute approximate surface area is 123 Å². The quantitative estimate of drug-likeness (QED) is 0.638. The van der Waals surface area contributed by atoms with Crippen molar-refractivity contribution < 1.29 is 14.5 Å². The summed E-state index contributed by atoms with van der Waals surface area (Å²) >= 11 is 0. The third kappa shape index (κ3) is 4.36. The van der Waals surface area contributed by atoms with Gasteiger partial charge < -0.3 is 15.8 Å². The molecule has 112 valence electrons. The number of carbonyl (C=O) groups excluding carboxylic acids is 1. The number of rotatable bonds is 5. The SMILES string of the molecule is COc1ccc(NC(=O)[C@H](N)C(C)C)cc1[N+](=O)[O-].Cl. The van der Waals surface area contributed by atoms with Gasteiger partial charge in [-0.3, -0.25) is 14.9 Å². The van der Waals surface area contributed by atoms with Crippen LogP contribution in [0.2, 0.25) is 0 Å². The minimum absolute atomic E-state index is 0. The number of amides is 1. The predicted molar refractivity (Wildman–Crippen MR) is 78.3 cm³/mol. The normalized spacial score (nSPS) is 11.4. The standard InChI is InChI=1S/C12H17N3O4.ClH/c1-7(2)11(13)12(16)14-8-4-5-10(19-3)9(6-8)15(17)18;/h4-7,11H,13H2,1-3H3,(H,14,16);1H/t11-;/m1./s1. The van der Waals surface area contributed by atoms with E-state index in [2.05, 4.69) is 5.32 Å². The van der Waals surface area contributed by atoms with Crippen LogP contribution in [-0.2, 0) is 4.79 Å². The van der Waals surface area contributed by atoms with E-state index in [1.807, 2.05) is 13.8 Å². The van der Waals surface area contributed by atoms with Gasteiger partial charge in [-0.2, -0.15) is 0 Å². The summed E-state index contributed by atoms with van der Waals surface area (Å²) in [5.41, 5.74) is 5.79. The number of nitro benzene ring substituents is 1. The summed E-state index contributed by atoms with van der Waals surface area (Å²) in [6.07, 6.45) is 0. The smallest absolute Gasteiger partial charge is 0.312 e. The molecule has 1 amide bonds. The molecule has 0 aliphatic rings. The maximum Gasteiger partial charge on any atom is 0.312 e. The van der Waals surface area contributed by atoms with E-state index in [1.165, 1.54) is 25.3 Å². The Bertz CT molecular complexity index is 494. The molecular weight excluding hydrogens is 286 g/mol. The summed E-state index contributed by atoms with van der Waals surface area (Å²) in [5.74, 6) is -0.265. The highest BCUT2D eigenvalue weighted by Crippen LogP contribution is 2.29. The molecule has 3 N–H and O–H groups in total. The third-order valence-electron chi connectivity index (χ3n) is 2.66. The first kappa shape index (κ1) is 18.1. The van der Waals surface area contributed by atoms with Crippen LogP contribution in [0.5, 0.6) is 5.75 Å². The highest BCUT2D eigenvalue weighted by Gasteiger charge is 2.20. The number of hydrogen-bond donors (Lipinski definition) is 2. The van der Waals surface area contributed by atoms with Crippen molar-refractivity contribution in [3.8, 4) is 5.75 Å². The number of ether oxygens (including phenoxy) is 1. The second kappa shape index (κ2) is 7.66. The van der Waals surface area contributed by atoms with Gasteiger partial charge in [0.25, 0.3) is 0 Å². The van der Waals surface area contributed by atoms with E-state index in [9.17, 15) is 14.9 Å². The van der Waals surface area contributed by atoms with Gasteiger partial charge in [0.15, 0.2) is 5.75 Å². The topological polar surface area (TPSA) is 107 Å². The molecule has 0 aliphatic heterocycles. The highest BCUT2D eigenvalue weighted by molar-refractivity contribution is 5.95. The van der Waals surface area contributed by atoms with Crippen molar-refractivity contribution in [3.05, 3.63) is 28.3 Å². The lowest BCUT2D eigenvalue weighted by atomic mass is 10.0. The number of nitrogens with two attached hydrogens (primary N) is 1. The Hall–Kier alpha value is -1.86. The molecular formula is C12H18ClN3O4. The molecule has 1 rings (SSSR count). The summed E-state index contributed by atoms with van der Waals surface area (Å²) < 4.78 is 4.87. The van der Waals surface area contributed by atoms with Gasteiger partial charge in [-0.15, -0.1) is 12.4 Å². The average molecular weight is 304 g/mol. The first-order valence-corrected chi connectivity index (χ1v) is 5.75. The number of hydrogen-bond acceptors (Lipinski definition) is 5. The molecule has 20 heavy (non-hydrogen) atoms. The fourth-order valence-electron chi connectivity index (χ4n) is 1.44. The van der Waals surface area contributed by atoms with Gasteiger partial charge in [0.1, 0.15) is 0 Å². The summed E-state index contributed by atoms with van der Waals surface area (Å²) in [4.78, 5) is 22.0. The summed E-state index contributed by atoms with van der Waals surface area (Å²) in [5, 5.41) is 13.4. The number of carbonyl (C=O) groups is 1. The molecule has 0 unspecified atom stereocenters. The lowest BCUT2D eigenvalue weighted by Gasteiger charge is -2.15. The van der Waals surface area contributed by atoms with Crippen LogP contribution in [0.4, 0.5) is 11.4 Å². The number of methoxy groups -OCH3 is 1. The van der Waals surface area contributed by atoms with E-state index in [1.54, 1.807) is 0 Å². The van der Waals surface area contributed by atoms with Crippen molar-refractivity contribution in [2.24, 2.45) is 11.7 Å². The molecule has 0 radical (unpaired) electrons. The van der Waals surface area contributed by atoms with Crippen LogP contribution in [-0.4, -0.2) is 24.0 Å². The number of halogens is 1. The van der Waals surface area contributed by atoms with Gasteiger partial charge in [-0.05, 0) is 18.1 Å². The Morgan fingerprint density at radius 1 is 1.45 bits per heavy atom. The van der Waals surface area contributed by atoms with Gasteiger partial charge in [0.2, 0.25) is 5.91 Å². The number of anilines is 1. The summed E-state index contributed by atoms with van der Waals surface area (Å²) in [6.45, 7) is 3.64. The number of nitrogens with zero attached hydrogens (tertiary/aromatic N) is 1. The van der Waals surface area contributed by atoms with E-state index in [0.717, 1.165) is 0 Å². The van der Waals surface area contributed by atoms with Gasteiger partial charge >= 0.3 is 5.69 Å². The van der Waals surface area contributed by atoms with Gasteiger partial charge in [-0.25, -0.2) is 0 Å². The van der Waals surface area contributed by atoms with Crippen molar-refractivity contribution in [1.29, 1.82) is 0 Å². The number of benzene rings is 1.